The number of nitrogens with zero attached hydrogens (tertiary/aromatic N) is 2. The smallest absolute Gasteiger partial charge is 0.322 e. The number of rotatable bonds is 3. The number of aliphatic carboxylic acids is 1. The molecule has 0 atom stereocenters. The molecule has 1 heterocycles. The number of aryl methyl sites for hydroxylation is 2. The van der Waals surface area contributed by atoms with Crippen molar-refractivity contribution in [3.63, 3.8) is 0 Å². The number of nitrogens with one attached hydrogen (secondary N) is 1. The summed E-state index contributed by atoms with van der Waals surface area (Å²) in [5, 5.41) is 15.1. The van der Waals surface area contributed by atoms with Gasteiger partial charge in [-0.3, -0.25) is 9.48 Å². The Balaban J connectivity index is 2.81. The summed E-state index contributed by atoms with van der Waals surface area (Å²) in [6, 6.07) is 0. The summed E-state index contributed by atoms with van der Waals surface area (Å²) in [6.45, 7) is 1.60. The van der Waals surface area contributed by atoms with Crippen molar-refractivity contribution < 1.29 is 9.90 Å². The SMILES string of the molecule is Cc1nn(C)c(NCC(=O)O)c1N. The molecule has 6 heteroatoms. The van der Waals surface area contributed by atoms with Gasteiger partial charge >= 0.3 is 5.97 Å². The Morgan fingerprint density at radius 2 is 2.38 bits per heavy atom. The predicted octanol–water partition coefficient (Wildman–Crippen LogP) is -0.193. The van der Waals surface area contributed by atoms with Gasteiger partial charge in [-0.05, 0) is 6.92 Å². The second-order valence-electron chi connectivity index (χ2n) is 2.72. The van der Waals surface area contributed by atoms with Crippen LogP contribution in [0.4, 0.5) is 11.5 Å². The zero-order valence-corrected chi connectivity index (χ0v) is 7.53. The van der Waals surface area contributed by atoms with E-state index in [1.54, 1.807) is 14.0 Å². The van der Waals surface area contributed by atoms with Crippen molar-refractivity contribution in [3.05, 3.63) is 5.69 Å². The highest BCUT2D eigenvalue weighted by molar-refractivity contribution is 5.75. The van der Waals surface area contributed by atoms with Crippen LogP contribution in [0.5, 0.6) is 0 Å². The minimum absolute atomic E-state index is 0.164. The monoisotopic (exact) mass is 184 g/mol. The van der Waals surface area contributed by atoms with Crippen LogP contribution in [-0.2, 0) is 11.8 Å². The Labute approximate surface area is 75.3 Å². The highest BCUT2D eigenvalue weighted by Gasteiger charge is 2.09. The van der Waals surface area contributed by atoms with Gasteiger partial charge < -0.3 is 16.2 Å². The lowest BCUT2D eigenvalue weighted by Crippen LogP contribution is -2.15. The number of anilines is 2. The molecule has 0 spiro atoms. The van der Waals surface area contributed by atoms with Gasteiger partial charge in [-0.1, -0.05) is 0 Å². The first-order valence-electron chi connectivity index (χ1n) is 3.77. The molecule has 0 aliphatic heterocycles. The summed E-state index contributed by atoms with van der Waals surface area (Å²) in [5.41, 5.74) is 6.83. The molecular formula is C7H12N4O2. The van der Waals surface area contributed by atoms with E-state index in [1.165, 1.54) is 4.68 Å². The van der Waals surface area contributed by atoms with E-state index in [2.05, 4.69) is 10.4 Å². The second kappa shape index (κ2) is 3.34. The van der Waals surface area contributed by atoms with E-state index in [4.69, 9.17) is 10.8 Å². The fourth-order valence-corrected chi connectivity index (χ4v) is 1.04. The van der Waals surface area contributed by atoms with Crippen LogP contribution in [-0.4, -0.2) is 27.4 Å². The van der Waals surface area contributed by atoms with Crippen LogP contribution in [0.15, 0.2) is 0 Å². The molecular weight excluding hydrogens is 172 g/mol. The van der Waals surface area contributed by atoms with Gasteiger partial charge in [-0.25, -0.2) is 0 Å². The summed E-state index contributed by atoms with van der Waals surface area (Å²) >= 11 is 0. The summed E-state index contributed by atoms with van der Waals surface area (Å²) in [4.78, 5) is 10.3. The largest absolute Gasteiger partial charge is 0.480 e. The van der Waals surface area contributed by atoms with Gasteiger partial charge in [-0.15, -0.1) is 0 Å². The number of nitrogens with two attached hydrogens (primary N) is 1. The van der Waals surface area contributed by atoms with Crippen LogP contribution in [0, 0.1) is 6.92 Å². The van der Waals surface area contributed by atoms with Crippen LogP contribution >= 0.6 is 0 Å². The molecule has 0 saturated heterocycles. The number of nitrogen functional groups attached to an aromatic ring is 1. The molecule has 13 heavy (non-hydrogen) atoms. The molecule has 0 radical (unpaired) electrons. The molecule has 0 fully saturated rings. The van der Waals surface area contributed by atoms with Crippen LogP contribution < -0.4 is 11.1 Å². The first-order valence-corrected chi connectivity index (χ1v) is 3.77. The van der Waals surface area contributed by atoms with Crippen molar-refractivity contribution in [3.8, 4) is 0 Å². The lowest BCUT2D eigenvalue weighted by atomic mass is 10.4. The Hall–Kier alpha value is -1.72. The Kier molecular flexibility index (Phi) is 2.41. The third-order valence-corrected chi connectivity index (χ3v) is 1.68. The number of hydrogen-bond donors (Lipinski definition) is 3. The van der Waals surface area contributed by atoms with E-state index >= 15 is 0 Å². The van der Waals surface area contributed by atoms with E-state index in [-0.39, 0.29) is 6.54 Å². The van der Waals surface area contributed by atoms with Crippen LogP contribution in [0.3, 0.4) is 0 Å². The van der Waals surface area contributed by atoms with E-state index in [0.717, 1.165) is 0 Å². The molecule has 1 aromatic heterocycles. The highest BCUT2D eigenvalue weighted by Crippen LogP contribution is 2.20. The molecule has 0 saturated carbocycles. The maximum atomic E-state index is 10.3. The average molecular weight is 184 g/mol. The summed E-state index contributed by atoms with van der Waals surface area (Å²) in [5.74, 6) is -0.391. The van der Waals surface area contributed by atoms with E-state index < -0.39 is 5.97 Å². The minimum atomic E-state index is -0.932. The fourth-order valence-electron chi connectivity index (χ4n) is 1.04. The molecule has 4 N–H and O–H groups in total. The lowest BCUT2D eigenvalue weighted by molar-refractivity contribution is -0.134. The summed E-state index contributed by atoms with van der Waals surface area (Å²) < 4.78 is 1.52. The topological polar surface area (TPSA) is 93.2 Å². The molecule has 0 aliphatic carbocycles. The lowest BCUT2D eigenvalue weighted by Gasteiger charge is -2.03. The Morgan fingerprint density at radius 1 is 1.77 bits per heavy atom. The van der Waals surface area contributed by atoms with Gasteiger partial charge in [0, 0.05) is 7.05 Å². The molecule has 72 valence electrons. The van der Waals surface area contributed by atoms with Crippen molar-refractivity contribution in [2.45, 2.75) is 6.92 Å². The van der Waals surface area contributed by atoms with Gasteiger partial charge in [0.1, 0.15) is 12.4 Å². The second-order valence-corrected chi connectivity index (χ2v) is 2.72. The molecule has 6 nitrogen and oxygen atoms in total. The third kappa shape index (κ3) is 1.90. The van der Waals surface area contributed by atoms with Gasteiger partial charge in [-0.2, -0.15) is 5.10 Å². The molecule has 0 unspecified atom stereocenters. The number of aromatic nitrogens is 2. The van der Waals surface area contributed by atoms with Gasteiger partial charge in [0.15, 0.2) is 0 Å². The number of carbonyl (C=O) groups is 1. The fraction of sp³-hybridized carbons (Fsp3) is 0.429. The van der Waals surface area contributed by atoms with Crippen LogP contribution in [0.2, 0.25) is 0 Å². The quantitative estimate of drug-likeness (QED) is 0.605. The van der Waals surface area contributed by atoms with Crippen LogP contribution in [0.1, 0.15) is 5.69 Å². The molecule has 0 amide bonds. The van der Waals surface area contributed by atoms with Crippen molar-refractivity contribution in [2.24, 2.45) is 7.05 Å². The normalized spacial score (nSPS) is 10.0. The first-order chi connectivity index (χ1) is 6.02. The standard InChI is InChI=1S/C7H12N4O2/c1-4-6(8)7(11(2)10-4)9-3-5(12)13/h9H,3,8H2,1-2H3,(H,12,13). The minimum Gasteiger partial charge on any atom is -0.480 e. The van der Waals surface area contributed by atoms with Crippen molar-refractivity contribution in [1.82, 2.24) is 9.78 Å². The van der Waals surface area contributed by atoms with Gasteiger partial charge in [0.2, 0.25) is 0 Å². The number of carboxylic acid groups (broad SMARTS) is 1. The molecule has 0 aliphatic rings. The maximum Gasteiger partial charge on any atom is 0.322 e. The van der Waals surface area contributed by atoms with E-state index in [0.29, 0.717) is 17.2 Å². The number of carboxylic acids is 1. The van der Waals surface area contributed by atoms with Crippen molar-refractivity contribution >= 4 is 17.5 Å². The van der Waals surface area contributed by atoms with Crippen molar-refractivity contribution in [2.75, 3.05) is 17.6 Å². The average Bonchev–Trinajstić information content (AvgIpc) is 2.24. The molecule has 1 aromatic rings. The molecule has 0 aromatic carbocycles. The Morgan fingerprint density at radius 3 is 2.77 bits per heavy atom. The molecule has 0 bridgehead atoms. The first kappa shape index (κ1) is 9.37. The zero-order valence-electron chi connectivity index (χ0n) is 7.53. The van der Waals surface area contributed by atoms with Crippen molar-refractivity contribution in [1.29, 1.82) is 0 Å². The van der Waals surface area contributed by atoms with E-state index in [9.17, 15) is 4.79 Å². The highest BCUT2D eigenvalue weighted by atomic mass is 16.4. The van der Waals surface area contributed by atoms with E-state index in [1.807, 2.05) is 0 Å². The summed E-state index contributed by atoms with van der Waals surface area (Å²) in [6.07, 6.45) is 0. The van der Waals surface area contributed by atoms with Gasteiger partial charge in [0.25, 0.3) is 0 Å². The van der Waals surface area contributed by atoms with Gasteiger partial charge in [0.05, 0.1) is 11.4 Å². The third-order valence-electron chi connectivity index (χ3n) is 1.68. The summed E-state index contributed by atoms with van der Waals surface area (Å²) in [7, 11) is 1.70. The predicted molar refractivity (Wildman–Crippen MR) is 48.5 cm³/mol. The Bertz CT molecular complexity index is 331. The zero-order chi connectivity index (χ0) is 10.0. The molecule has 1 rings (SSSR count). The maximum absolute atomic E-state index is 10.3. The van der Waals surface area contributed by atoms with Crippen LogP contribution in [0.25, 0.3) is 0 Å². The number of hydrogen-bond acceptors (Lipinski definition) is 4.